The third-order valence-electron chi connectivity index (χ3n) is 5.77. The van der Waals surface area contributed by atoms with E-state index in [1.54, 1.807) is 13.0 Å². The second-order valence-electron chi connectivity index (χ2n) is 8.19. The minimum atomic E-state index is -4.77. The standard InChI is InChI=1S/C25H19Cl2F3N2O5S/c1-3-37-24(34)17-12-31-23(27)20(21(17)26)22(33)19-11-16-13(2)9-14(25(28,29)30)10-18(16)32(19)38(35,36)15-7-5-4-6-8-15/h4-12,22,33H,3H2,1-2H3. The highest BCUT2D eigenvalue weighted by Crippen LogP contribution is 2.41. The van der Waals surface area contributed by atoms with Crippen molar-refractivity contribution in [2.24, 2.45) is 0 Å². The number of carbonyl (C=O) groups is 1. The number of hydrogen-bond donors (Lipinski definition) is 1. The van der Waals surface area contributed by atoms with E-state index in [9.17, 15) is 31.5 Å². The van der Waals surface area contributed by atoms with Crippen LogP contribution in [0.15, 0.2) is 59.6 Å². The highest BCUT2D eigenvalue weighted by Gasteiger charge is 2.35. The van der Waals surface area contributed by atoms with Crippen molar-refractivity contribution < 1.29 is 36.2 Å². The van der Waals surface area contributed by atoms with Crippen LogP contribution in [0.3, 0.4) is 0 Å². The van der Waals surface area contributed by atoms with E-state index in [-0.39, 0.29) is 55.0 Å². The van der Waals surface area contributed by atoms with Crippen LogP contribution in [0.1, 0.15) is 45.8 Å². The van der Waals surface area contributed by atoms with Gasteiger partial charge >= 0.3 is 12.1 Å². The van der Waals surface area contributed by atoms with Gasteiger partial charge in [-0.2, -0.15) is 13.2 Å². The van der Waals surface area contributed by atoms with Gasteiger partial charge in [-0.05, 0) is 49.7 Å². The summed E-state index contributed by atoms with van der Waals surface area (Å²) in [6.45, 7) is 2.96. The lowest BCUT2D eigenvalue weighted by molar-refractivity contribution is -0.137. The summed E-state index contributed by atoms with van der Waals surface area (Å²) >= 11 is 12.6. The van der Waals surface area contributed by atoms with Gasteiger partial charge in [-0.15, -0.1) is 0 Å². The van der Waals surface area contributed by atoms with Crippen LogP contribution >= 0.6 is 23.2 Å². The lowest BCUT2D eigenvalue weighted by Crippen LogP contribution is -2.19. The van der Waals surface area contributed by atoms with Crippen molar-refractivity contribution in [3.63, 3.8) is 0 Å². The van der Waals surface area contributed by atoms with E-state index in [4.69, 9.17) is 27.9 Å². The maximum absolute atomic E-state index is 13.8. The van der Waals surface area contributed by atoms with Crippen LogP contribution in [-0.4, -0.2) is 35.1 Å². The molecule has 1 N–H and O–H groups in total. The number of esters is 1. The summed E-state index contributed by atoms with van der Waals surface area (Å²) in [5.41, 5.74) is -2.21. The van der Waals surface area contributed by atoms with Gasteiger partial charge in [-0.25, -0.2) is 22.2 Å². The Balaban J connectivity index is 2.07. The first-order chi connectivity index (χ1) is 17.8. The highest BCUT2D eigenvalue weighted by molar-refractivity contribution is 7.90. The lowest BCUT2D eigenvalue weighted by Gasteiger charge is -2.19. The first-order valence-electron chi connectivity index (χ1n) is 11.0. The molecule has 4 aromatic rings. The van der Waals surface area contributed by atoms with Crippen LogP contribution in [0.2, 0.25) is 10.2 Å². The van der Waals surface area contributed by atoms with Crippen LogP contribution in [0.5, 0.6) is 0 Å². The van der Waals surface area contributed by atoms with Crippen molar-refractivity contribution in [3.05, 3.63) is 92.9 Å². The zero-order valence-electron chi connectivity index (χ0n) is 19.8. The molecular weight excluding hydrogens is 568 g/mol. The molecule has 0 fully saturated rings. The number of benzene rings is 2. The Kier molecular flexibility index (Phi) is 7.50. The van der Waals surface area contributed by atoms with Crippen LogP contribution in [0.25, 0.3) is 10.9 Å². The maximum Gasteiger partial charge on any atom is 0.416 e. The van der Waals surface area contributed by atoms with Crippen molar-refractivity contribution >= 4 is 50.1 Å². The molecule has 2 heterocycles. The summed E-state index contributed by atoms with van der Waals surface area (Å²) < 4.78 is 74.1. The number of aliphatic hydroxyl groups is 1. The van der Waals surface area contributed by atoms with Gasteiger partial charge in [0.25, 0.3) is 10.0 Å². The fraction of sp³-hybridized carbons (Fsp3) is 0.200. The van der Waals surface area contributed by atoms with Crippen molar-refractivity contribution in [2.75, 3.05) is 6.61 Å². The molecule has 0 bridgehead atoms. The first kappa shape index (κ1) is 27.9. The summed E-state index contributed by atoms with van der Waals surface area (Å²) in [7, 11) is -4.55. The van der Waals surface area contributed by atoms with E-state index in [1.807, 2.05) is 0 Å². The number of aliphatic hydroxyl groups excluding tert-OH is 1. The third kappa shape index (κ3) is 4.86. The average Bonchev–Trinajstić information content (AvgIpc) is 3.25. The summed E-state index contributed by atoms with van der Waals surface area (Å²) in [6.07, 6.45) is -5.65. The molecule has 0 aliphatic heterocycles. The van der Waals surface area contributed by atoms with Gasteiger partial charge in [0.15, 0.2) is 0 Å². The summed E-state index contributed by atoms with van der Waals surface area (Å²) in [4.78, 5) is 16.0. The number of nitrogens with zero attached hydrogens (tertiary/aromatic N) is 2. The fourth-order valence-corrected chi connectivity index (χ4v) is 6.18. The maximum atomic E-state index is 13.8. The average molecular weight is 587 g/mol. The van der Waals surface area contributed by atoms with Gasteiger partial charge in [0.2, 0.25) is 0 Å². The Morgan fingerprint density at radius 1 is 1.16 bits per heavy atom. The molecule has 38 heavy (non-hydrogen) atoms. The van der Waals surface area contributed by atoms with Gasteiger partial charge in [-0.1, -0.05) is 41.4 Å². The molecule has 1 unspecified atom stereocenters. The van der Waals surface area contributed by atoms with Gasteiger partial charge in [0.05, 0.1) is 38.9 Å². The molecule has 1 atom stereocenters. The van der Waals surface area contributed by atoms with E-state index in [1.165, 1.54) is 37.3 Å². The smallest absolute Gasteiger partial charge is 0.416 e. The molecule has 0 aliphatic rings. The fourth-order valence-electron chi connectivity index (χ4n) is 4.02. The third-order valence-corrected chi connectivity index (χ3v) is 8.23. The molecule has 2 aromatic heterocycles. The van der Waals surface area contributed by atoms with Crippen molar-refractivity contribution in [1.29, 1.82) is 0 Å². The molecule has 7 nitrogen and oxygen atoms in total. The van der Waals surface area contributed by atoms with Gasteiger partial charge in [0.1, 0.15) is 11.3 Å². The van der Waals surface area contributed by atoms with E-state index >= 15 is 0 Å². The van der Waals surface area contributed by atoms with Crippen LogP contribution in [-0.2, 0) is 20.9 Å². The number of carbonyl (C=O) groups excluding carboxylic acids is 1. The Hall–Kier alpha value is -3.12. The SMILES string of the molecule is CCOC(=O)c1cnc(Cl)c(C(O)c2cc3c(C)cc(C(F)(F)F)cc3n2S(=O)(=O)c2ccccc2)c1Cl. The molecule has 0 saturated carbocycles. The van der Waals surface area contributed by atoms with E-state index in [0.29, 0.717) is 10.0 Å². The number of alkyl halides is 3. The number of halogens is 5. The van der Waals surface area contributed by atoms with E-state index in [2.05, 4.69) is 4.98 Å². The number of pyridine rings is 1. The number of hydrogen-bond acceptors (Lipinski definition) is 6. The van der Waals surface area contributed by atoms with Gasteiger partial charge < -0.3 is 9.84 Å². The quantitative estimate of drug-likeness (QED) is 0.214. The van der Waals surface area contributed by atoms with Gasteiger partial charge in [-0.3, -0.25) is 0 Å². The summed E-state index contributed by atoms with van der Waals surface area (Å²) in [5.74, 6) is -0.863. The second kappa shape index (κ2) is 10.2. The second-order valence-corrected chi connectivity index (χ2v) is 10.7. The molecule has 0 radical (unpaired) electrons. The Morgan fingerprint density at radius 2 is 1.82 bits per heavy atom. The molecule has 13 heteroatoms. The minimum absolute atomic E-state index is 0.0139. The van der Waals surface area contributed by atoms with Crippen molar-refractivity contribution in [2.45, 2.75) is 31.0 Å². The van der Waals surface area contributed by atoms with Crippen LogP contribution < -0.4 is 0 Å². The predicted octanol–water partition coefficient (Wildman–Crippen LogP) is 6.17. The van der Waals surface area contributed by atoms with Crippen LogP contribution in [0, 0.1) is 6.92 Å². The number of ether oxygens (including phenoxy) is 1. The molecule has 0 saturated heterocycles. The molecule has 0 amide bonds. The molecular formula is C25H19Cl2F3N2O5S. The minimum Gasteiger partial charge on any atom is -0.462 e. The monoisotopic (exact) mass is 586 g/mol. The number of aromatic nitrogens is 2. The number of rotatable bonds is 6. The Labute approximate surface area is 225 Å². The van der Waals surface area contributed by atoms with E-state index < -0.39 is 33.8 Å². The van der Waals surface area contributed by atoms with Crippen molar-refractivity contribution in [3.8, 4) is 0 Å². The van der Waals surface area contributed by atoms with Crippen molar-refractivity contribution in [1.82, 2.24) is 8.96 Å². The predicted molar refractivity (Wildman–Crippen MR) is 135 cm³/mol. The van der Waals surface area contributed by atoms with Gasteiger partial charge in [0, 0.05) is 17.1 Å². The summed E-state index contributed by atoms with van der Waals surface area (Å²) in [6, 6.07) is 9.79. The molecule has 200 valence electrons. The summed E-state index contributed by atoms with van der Waals surface area (Å²) in [5, 5.41) is 10.9. The normalized spacial score (nSPS) is 13.1. The first-order valence-corrected chi connectivity index (χ1v) is 13.2. The number of aryl methyl sites for hydroxylation is 1. The molecule has 2 aromatic carbocycles. The molecule has 0 aliphatic carbocycles. The number of fused-ring (bicyclic) bond motifs is 1. The molecule has 0 spiro atoms. The zero-order valence-corrected chi connectivity index (χ0v) is 22.1. The topological polar surface area (TPSA) is 98.5 Å². The van der Waals surface area contributed by atoms with Crippen LogP contribution in [0.4, 0.5) is 13.2 Å². The lowest BCUT2D eigenvalue weighted by atomic mass is 10.0. The van der Waals surface area contributed by atoms with E-state index in [0.717, 1.165) is 12.3 Å². The Morgan fingerprint density at radius 3 is 2.42 bits per heavy atom. The molecule has 4 rings (SSSR count). The highest BCUT2D eigenvalue weighted by atomic mass is 35.5. The zero-order chi connectivity index (χ0) is 28.0. The Bertz CT molecular complexity index is 1660. The largest absolute Gasteiger partial charge is 0.462 e.